The number of unbranched alkanes of at least 4 members (excludes halogenated alkanes) is 3. The molecule has 2 amide bonds. The van der Waals surface area contributed by atoms with Gasteiger partial charge in [0.05, 0.1) is 17.4 Å². The van der Waals surface area contributed by atoms with E-state index in [4.69, 9.17) is 9.84 Å². The van der Waals surface area contributed by atoms with Crippen molar-refractivity contribution in [3.8, 4) is 0 Å². The van der Waals surface area contributed by atoms with Crippen LogP contribution in [0, 0.1) is 25.7 Å². The zero-order chi connectivity index (χ0) is 26.3. The van der Waals surface area contributed by atoms with E-state index >= 15 is 0 Å². The number of aliphatic hydroxyl groups is 1. The first kappa shape index (κ1) is 26.4. The molecule has 1 aromatic rings. The molecule has 3 fully saturated rings. The minimum Gasteiger partial charge on any atom is -0.481 e. The molecule has 2 unspecified atom stereocenters. The first-order valence-electron chi connectivity index (χ1n) is 13.0. The molecule has 3 saturated heterocycles. The number of aryl methyl sites for hydroxylation is 2. The van der Waals surface area contributed by atoms with Crippen LogP contribution in [0.15, 0.2) is 30.9 Å². The van der Waals surface area contributed by atoms with Crippen molar-refractivity contribution in [1.29, 1.82) is 0 Å². The molecule has 5 atom stereocenters. The Hall–Kier alpha value is -2.71. The van der Waals surface area contributed by atoms with E-state index < -0.39 is 35.0 Å². The van der Waals surface area contributed by atoms with Crippen LogP contribution in [0.25, 0.3) is 0 Å². The molecule has 3 aliphatic rings. The lowest BCUT2D eigenvalue weighted by molar-refractivity contribution is -0.154. The molecule has 36 heavy (non-hydrogen) atoms. The second-order valence-corrected chi connectivity index (χ2v) is 10.7. The predicted octanol–water partition coefficient (Wildman–Crippen LogP) is 3.22. The largest absolute Gasteiger partial charge is 0.481 e. The molecule has 0 radical (unpaired) electrons. The number of aliphatic carboxylic acids is 1. The van der Waals surface area contributed by atoms with Gasteiger partial charge in [-0.25, -0.2) is 0 Å². The van der Waals surface area contributed by atoms with Crippen molar-refractivity contribution in [2.24, 2.45) is 11.8 Å². The first-order valence-corrected chi connectivity index (χ1v) is 13.0. The second-order valence-electron chi connectivity index (χ2n) is 10.7. The van der Waals surface area contributed by atoms with Crippen LogP contribution in [0.3, 0.4) is 0 Å². The summed E-state index contributed by atoms with van der Waals surface area (Å²) in [6, 6.07) is 4.94. The van der Waals surface area contributed by atoms with E-state index in [9.17, 15) is 19.5 Å². The number of nitrogens with zero attached hydrogens (tertiary/aromatic N) is 2. The number of carbonyl (C=O) groups is 3. The number of benzene rings is 1. The number of carboxylic acid groups (broad SMARTS) is 1. The van der Waals surface area contributed by atoms with Gasteiger partial charge in [-0.3, -0.25) is 14.4 Å². The molecule has 3 aliphatic heterocycles. The molecule has 1 spiro atoms. The molecular weight excluding hydrogens is 460 g/mol. The Labute approximate surface area is 212 Å². The summed E-state index contributed by atoms with van der Waals surface area (Å²) in [5.41, 5.74) is 0.524. The summed E-state index contributed by atoms with van der Waals surface area (Å²) >= 11 is 0. The fourth-order valence-electron chi connectivity index (χ4n) is 6.87. The number of rotatable bonds is 11. The van der Waals surface area contributed by atoms with E-state index in [-0.39, 0.29) is 25.0 Å². The molecule has 196 valence electrons. The lowest BCUT2D eigenvalue weighted by Crippen LogP contribution is -2.56. The molecule has 8 heteroatoms. The van der Waals surface area contributed by atoms with Crippen LogP contribution in [0.2, 0.25) is 0 Å². The summed E-state index contributed by atoms with van der Waals surface area (Å²) in [5.74, 6) is -3.48. The van der Waals surface area contributed by atoms with E-state index in [1.54, 1.807) is 22.8 Å². The maximum atomic E-state index is 14.5. The Morgan fingerprint density at radius 2 is 1.86 bits per heavy atom. The van der Waals surface area contributed by atoms with Gasteiger partial charge in [0.2, 0.25) is 5.91 Å². The third-order valence-corrected chi connectivity index (χ3v) is 8.37. The minimum atomic E-state index is -1.16. The van der Waals surface area contributed by atoms with Crippen molar-refractivity contribution in [1.82, 2.24) is 4.90 Å². The highest BCUT2D eigenvalue weighted by molar-refractivity contribution is 6.05. The van der Waals surface area contributed by atoms with Crippen LogP contribution in [-0.2, 0) is 19.1 Å². The molecule has 1 aromatic carbocycles. The fourth-order valence-corrected chi connectivity index (χ4v) is 6.87. The third-order valence-electron chi connectivity index (χ3n) is 8.37. The highest BCUT2D eigenvalue weighted by Gasteiger charge is 2.78. The highest BCUT2D eigenvalue weighted by atomic mass is 16.5. The topological polar surface area (TPSA) is 107 Å². The molecule has 0 aliphatic carbocycles. The van der Waals surface area contributed by atoms with Gasteiger partial charge in [-0.15, -0.1) is 6.58 Å². The number of anilines is 1. The molecule has 4 rings (SSSR count). The normalized spacial score (nSPS) is 30.5. The highest BCUT2D eigenvalue weighted by Crippen LogP contribution is 2.63. The van der Waals surface area contributed by atoms with Crippen molar-refractivity contribution >= 4 is 23.5 Å². The SMILES string of the molecule is C=CCN(C(=O)C1N(CCCCCCO)C(=O)[C@@H]2[C@@H](C(=O)O)[C@@]3(C)CCC12O3)c1c(C)cccc1C. The number of fused-ring (bicyclic) bond motifs is 1. The number of likely N-dealkylation sites (tertiary alicyclic amines) is 1. The Morgan fingerprint density at radius 1 is 1.19 bits per heavy atom. The number of carbonyl (C=O) groups excluding carboxylic acids is 2. The van der Waals surface area contributed by atoms with E-state index in [0.29, 0.717) is 32.2 Å². The van der Waals surface area contributed by atoms with Gasteiger partial charge in [0.1, 0.15) is 11.6 Å². The summed E-state index contributed by atoms with van der Waals surface area (Å²) in [5, 5.41) is 19.2. The standard InChI is InChI=1S/C28H38N2O6/c1-5-15-29(22-18(2)11-10-12-19(22)3)25(33)23-28-14-13-27(4,36-28)21(26(34)35)20(28)24(32)30(23)16-8-6-7-9-17-31/h5,10-12,20-21,23,31H,1,6-9,13-17H2,2-4H3,(H,34,35)/t20-,21-,23?,27+,28?/m0/s1. The van der Waals surface area contributed by atoms with Gasteiger partial charge in [-0.1, -0.05) is 37.1 Å². The van der Waals surface area contributed by atoms with Crippen molar-refractivity contribution in [2.75, 3.05) is 24.6 Å². The average molecular weight is 499 g/mol. The van der Waals surface area contributed by atoms with Crippen LogP contribution < -0.4 is 4.90 Å². The Bertz CT molecular complexity index is 1040. The summed E-state index contributed by atoms with van der Waals surface area (Å²) < 4.78 is 6.50. The molecule has 2 bridgehead atoms. The number of hydrogen-bond acceptors (Lipinski definition) is 5. The maximum Gasteiger partial charge on any atom is 0.310 e. The summed E-state index contributed by atoms with van der Waals surface area (Å²) in [6.07, 6.45) is 5.61. The number of carboxylic acids is 1. The van der Waals surface area contributed by atoms with Crippen LogP contribution in [0.5, 0.6) is 0 Å². The molecular formula is C28H38N2O6. The van der Waals surface area contributed by atoms with Gasteiger partial charge in [-0.05, 0) is 57.6 Å². The Morgan fingerprint density at radius 3 is 2.47 bits per heavy atom. The number of ether oxygens (including phenoxy) is 1. The summed E-state index contributed by atoms with van der Waals surface area (Å²) in [6.45, 7) is 10.3. The minimum absolute atomic E-state index is 0.119. The van der Waals surface area contributed by atoms with Gasteiger partial charge >= 0.3 is 5.97 Å². The van der Waals surface area contributed by atoms with Crippen LogP contribution in [-0.4, -0.2) is 69.8 Å². The van der Waals surface area contributed by atoms with E-state index in [0.717, 1.165) is 29.7 Å². The van der Waals surface area contributed by atoms with Gasteiger partial charge in [0, 0.05) is 25.4 Å². The molecule has 0 saturated carbocycles. The Kier molecular flexibility index (Phi) is 7.30. The van der Waals surface area contributed by atoms with Crippen molar-refractivity contribution < 1.29 is 29.3 Å². The second kappa shape index (κ2) is 9.98. The molecule has 2 N–H and O–H groups in total. The van der Waals surface area contributed by atoms with Gasteiger partial charge in [0.25, 0.3) is 5.91 Å². The smallest absolute Gasteiger partial charge is 0.310 e. The number of amides is 2. The Balaban J connectivity index is 1.76. The quantitative estimate of drug-likeness (QED) is 0.358. The summed E-state index contributed by atoms with van der Waals surface area (Å²) in [4.78, 5) is 44.0. The number of aliphatic hydroxyl groups excluding tert-OH is 1. The van der Waals surface area contributed by atoms with Crippen molar-refractivity contribution in [3.05, 3.63) is 42.0 Å². The monoisotopic (exact) mass is 498 g/mol. The zero-order valence-electron chi connectivity index (χ0n) is 21.5. The lowest BCUT2D eigenvalue weighted by atomic mass is 9.66. The third kappa shape index (κ3) is 4.04. The van der Waals surface area contributed by atoms with E-state index in [1.807, 2.05) is 32.0 Å². The average Bonchev–Trinajstić information content (AvgIpc) is 3.38. The number of hydrogen-bond donors (Lipinski definition) is 2. The van der Waals surface area contributed by atoms with E-state index in [1.165, 1.54) is 0 Å². The lowest BCUT2D eigenvalue weighted by Gasteiger charge is -2.37. The fraction of sp³-hybridized carbons (Fsp3) is 0.607. The van der Waals surface area contributed by atoms with Crippen LogP contribution in [0.1, 0.15) is 56.6 Å². The van der Waals surface area contributed by atoms with Gasteiger partial charge in [-0.2, -0.15) is 0 Å². The van der Waals surface area contributed by atoms with Crippen LogP contribution >= 0.6 is 0 Å². The van der Waals surface area contributed by atoms with Crippen molar-refractivity contribution in [3.63, 3.8) is 0 Å². The predicted molar refractivity (Wildman–Crippen MR) is 136 cm³/mol. The molecule has 8 nitrogen and oxygen atoms in total. The first-order chi connectivity index (χ1) is 17.1. The number of para-hydroxylation sites is 1. The zero-order valence-corrected chi connectivity index (χ0v) is 21.5. The summed E-state index contributed by atoms with van der Waals surface area (Å²) in [7, 11) is 0. The molecule has 3 heterocycles. The molecule has 0 aromatic heterocycles. The van der Waals surface area contributed by atoms with E-state index in [2.05, 4.69) is 6.58 Å². The van der Waals surface area contributed by atoms with Crippen molar-refractivity contribution in [2.45, 2.75) is 76.5 Å². The van der Waals surface area contributed by atoms with Gasteiger partial charge < -0.3 is 24.7 Å². The van der Waals surface area contributed by atoms with Gasteiger partial charge in [0.15, 0.2) is 0 Å². The maximum absolute atomic E-state index is 14.5. The van der Waals surface area contributed by atoms with Crippen LogP contribution in [0.4, 0.5) is 5.69 Å².